The number of H-pyrrole nitrogens is 1. The smallest absolute Gasteiger partial charge is 0.257 e. The van der Waals surface area contributed by atoms with Gasteiger partial charge in [-0.15, -0.1) is 0 Å². The topological polar surface area (TPSA) is 58.2 Å². The summed E-state index contributed by atoms with van der Waals surface area (Å²) in [5.74, 6) is 0.770. The van der Waals surface area contributed by atoms with Gasteiger partial charge in [0.25, 0.3) is 5.91 Å². The molecule has 2 heterocycles. The lowest BCUT2D eigenvalue weighted by molar-refractivity contribution is 0.0702. The number of nitrogens with one attached hydrogen (secondary N) is 1. The minimum Gasteiger partial charge on any atom is -0.496 e. The van der Waals surface area contributed by atoms with Gasteiger partial charge in [0, 0.05) is 29.7 Å². The first-order chi connectivity index (χ1) is 11.1. The summed E-state index contributed by atoms with van der Waals surface area (Å²) in [7, 11) is 1.55. The number of carbonyl (C=O) groups is 1. The minimum absolute atomic E-state index is 0.0181. The molecule has 122 valence electrons. The van der Waals surface area contributed by atoms with Gasteiger partial charge in [-0.1, -0.05) is 11.6 Å². The molecule has 0 unspecified atom stereocenters. The van der Waals surface area contributed by atoms with E-state index in [1.807, 2.05) is 11.8 Å². The van der Waals surface area contributed by atoms with E-state index in [0.29, 0.717) is 22.9 Å². The summed E-state index contributed by atoms with van der Waals surface area (Å²) in [4.78, 5) is 14.7. The molecule has 1 aliphatic rings. The van der Waals surface area contributed by atoms with E-state index in [9.17, 15) is 4.79 Å². The van der Waals surface area contributed by atoms with E-state index in [-0.39, 0.29) is 11.8 Å². The zero-order valence-corrected chi connectivity index (χ0v) is 14.1. The molecule has 1 N–H and O–H groups in total. The minimum atomic E-state index is -0.0181. The third kappa shape index (κ3) is 3.34. The van der Waals surface area contributed by atoms with Crippen molar-refractivity contribution in [3.63, 3.8) is 0 Å². The zero-order chi connectivity index (χ0) is 16.4. The second kappa shape index (κ2) is 6.62. The van der Waals surface area contributed by atoms with Gasteiger partial charge in [-0.05, 0) is 44.0 Å². The second-order valence-electron chi connectivity index (χ2n) is 5.91. The van der Waals surface area contributed by atoms with Crippen LogP contribution in [0.15, 0.2) is 24.3 Å². The number of aromatic amines is 1. The number of halogens is 1. The molecule has 2 aromatic rings. The van der Waals surface area contributed by atoms with Crippen LogP contribution < -0.4 is 4.74 Å². The first-order valence-electron chi connectivity index (χ1n) is 7.73. The van der Waals surface area contributed by atoms with Gasteiger partial charge in [-0.3, -0.25) is 9.89 Å². The molecule has 23 heavy (non-hydrogen) atoms. The average molecular weight is 334 g/mol. The number of aryl methyl sites for hydroxylation is 1. The predicted molar refractivity (Wildman–Crippen MR) is 89.2 cm³/mol. The Morgan fingerprint density at radius 2 is 2.26 bits per heavy atom. The van der Waals surface area contributed by atoms with Crippen molar-refractivity contribution in [1.82, 2.24) is 15.1 Å². The Kier molecular flexibility index (Phi) is 4.57. The fraction of sp³-hybridized carbons (Fsp3) is 0.412. The van der Waals surface area contributed by atoms with Crippen molar-refractivity contribution in [1.29, 1.82) is 0 Å². The number of methoxy groups -OCH3 is 1. The average Bonchev–Trinajstić information content (AvgIpc) is 3.01. The first kappa shape index (κ1) is 15.9. The van der Waals surface area contributed by atoms with Crippen molar-refractivity contribution >= 4 is 17.5 Å². The predicted octanol–water partition coefficient (Wildman–Crippen LogP) is 3.40. The van der Waals surface area contributed by atoms with Crippen molar-refractivity contribution in [2.24, 2.45) is 0 Å². The van der Waals surface area contributed by atoms with Crippen molar-refractivity contribution < 1.29 is 9.53 Å². The van der Waals surface area contributed by atoms with Crippen molar-refractivity contribution in [2.45, 2.75) is 25.7 Å². The lowest BCUT2D eigenvalue weighted by Gasteiger charge is -2.32. The maximum absolute atomic E-state index is 12.8. The van der Waals surface area contributed by atoms with Gasteiger partial charge in [0.05, 0.1) is 18.4 Å². The van der Waals surface area contributed by atoms with Gasteiger partial charge < -0.3 is 9.64 Å². The Morgan fingerprint density at radius 3 is 2.96 bits per heavy atom. The van der Waals surface area contributed by atoms with Crippen LogP contribution in [0.2, 0.25) is 5.02 Å². The summed E-state index contributed by atoms with van der Waals surface area (Å²) in [6.07, 6.45) is 2.02. The summed E-state index contributed by atoms with van der Waals surface area (Å²) >= 11 is 5.97. The maximum atomic E-state index is 12.8. The van der Waals surface area contributed by atoms with E-state index in [4.69, 9.17) is 16.3 Å². The van der Waals surface area contributed by atoms with Gasteiger partial charge in [0.2, 0.25) is 0 Å². The number of nitrogens with zero attached hydrogens (tertiary/aromatic N) is 2. The van der Waals surface area contributed by atoms with E-state index in [1.165, 1.54) is 0 Å². The molecule has 1 saturated heterocycles. The summed E-state index contributed by atoms with van der Waals surface area (Å²) in [6.45, 7) is 3.42. The van der Waals surface area contributed by atoms with Gasteiger partial charge in [-0.25, -0.2) is 0 Å². The monoisotopic (exact) mass is 333 g/mol. The van der Waals surface area contributed by atoms with Crippen LogP contribution >= 0.6 is 11.6 Å². The molecule has 1 fully saturated rings. The van der Waals surface area contributed by atoms with Crippen molar-refractivity contribution in [3.05, 3.63) is 46.2 Å². The fourth-order valence-electron chi connectivity index (χ4n) is 3.06. The highest BCUT2D eigenvalue weighted by Crippen LogP contribution is 2.29. The molecule has 3 rings (SSSR count). The van der Waals surface area contributed by atoms with Crippen LogP contribution in [0.1, 0.15) is 40.5 Å². The largest absolute Gasteiger partial charge is 0.496 e. The number of benzene rings is 1. The number of hydrogen-bond acceptors (Lipinski definition) is 3. The number of aromatic nitrogens is 2. The number of rotatable bonds is 3. The molecule has 0 saturated carbocycles. The molecule has 0 radical (unpaired) electrons. The van der Waals surface area contributed by atoms with Gasteiger partial charge in [0.15, 0.2) is 0 Å². The zero-order valence-electron chi connectivity index (χ0n) is 13.3. The molecule has 0 spiro atoms. The van der Waals surface area contributed by atoms with Gasteiger partial charge in [0.1, 0.15) is 5.75 Å². The quantitative estimate of drug-likeness (QED) is 0.936. The number of likely N-dealkylation sites (tertiary alicyclic amines) is 1. The Balaban J connectivity index is 1.79. The van der Waals surface area contributed by atoms with E-state index in [0.717, 1.165) is 30.8 Å². The van der Waals surface area contributed by atoms with E-state index < -0.39 is 0 Å². The van der Waals surface area contributed by atoms with Crippen LogP contribution in [0.4, 0.5) is 0 Å². The number of ether oxygens (including phenoxy) is 1. The molecule has 0 aliphatic carbocycles. The molecule has 5 nitrogen and oxygen atoms in total. The third-order valence-corrected chi connectivity index (χ3v) is 4.48. The Morgan fingerprint density at radius 1 is 1.43 bits per heavy atom. The summed E-state index contributed by atoms with van der Waals surface area (Å²) < 4.78 is 5.30. The van der Waals surface area contributed by atoms with Gasteiger partial charge in [-0.2, -0.15) is 5.10 Å². The van der Waals surface area contributed by atoms with Crippen LogP contribution in [0.5, 0.6) is 5.75 Å². The molecule has 1 amide bonds. The highest BCUT2D eigenvalue weighted by atomic mass is 35.5. The molecule has 1 aromatic heterocycles. The number of piperidine rings is 1. The molecule has 1 aliphatic heterocycles. The first-order valence-corrected chi connectivity index (χ1v) is 8.11. The van der Waals surface area contributed by atoms with Crippen LogP contribution in [-0.2, 0) is 0 Å². The number of carbonyl (C=O) groups excluding carboxylic acids is 1. The number of amides is 1. The van der Waals surface area contributed by atoms with Crippen LogP contribution in [-0.4, -0.2) is 41.2 Å². The SMILES string of the molecule is COc1cc(Cl)ccc1C(=O)N1CCC[C@@H](c2cc(C)[nH]n2)C1. The molecular formula is C17H20ClN3O2. The normalized spacial score (nSPS) is 18.0. The summed E-state index contributed by atoms with van der Waals surface area (Å²) in [6, 6.07) is 7.18. The molecule has 1 atom stereocenters. The highest BCUT2D eigenvalue weighted by Gasteiger charge is 2.28. The summed E-state index contributed by atoms with van der Waals surface area (Å²) in [5, 5.41) is 7.88. The number of hydrogen-bond donors (Lipinski definition) is 1. The van der Waals surface area contributed by atoms with E-state index in [2.05, 4.69) is 16.3 Å². The van der Waals surface area contributed by atoms with Gasteiger partial charge >= 0.3 is 0 Å². The van der Waals surface area contributed by atoms with Crippen LogP contribution in [0.25, 0.3) is 0 Å². The molecule has 6 heteroatoms. The Labute approximate surface area is 140 Å². The highest BCUT2D eigenvalue weighted by molar-refractivity contribution is 6.30. The van der Waals surface area contributed by atoms with E-state index in [1.54, 1.807) is 25.3 Å². The van der Waals surface area contributed by atoms with Crippen molar-refractivity contribution in [2.75, 3.05) is 20.2 Å². The summed E-state index contributed by atoms with van der Waals surface area (Å²) in [5.41, 5.74) is 2.63. The van der Waals surface area contributed by atoms with E-state index >= 15 is 0 Å². The molecular weight excluding hydrogens is 314 g/mol. The maximum Gasteiger partial charge on any atom is 0.257 e. The van der Waals surface area contributed by atoms with Crippen LogP contribution in [0.3, 0.4) is 0 Å². The fourth-order valence-corrected chi connectivity index (χ4v) is 3.23. The Hall–Kier alpha value is -2.01. The standard InChI is InChI=1S/C17H20ClN3O2/c1-11-8-15(20-19-11)12-4-3-7-21(10-12)17(22)14-6-5-13(18)9-16(14)23-2/h5-6,8-9,12H,3-4,7,10H2,1-2H3,(H,19,20)/t12-/m1/s1. The van der Waals surface area contributed by atoms with Crippen molar-refractivity contribution in [3.8, 4) is 5.75 Å². The Bertz CT molecular complexity index is 714. The lowest BCUT2D eigenvalue weighted by atomic mass is 9.94. The van der Waals surface area contributed by atoms with Crippen LogP contribution in [0, 0.1) is 6.92 Å². The third-order valence-electron chi connectivity index (χ3n) is 4.25. The molecule has 0 bridgehead atoms. The second-order valence-corrected chi connectivity index (χ2v) is 6.35. The lowest BCUT2D eigenvalue weighted by Crippen LogP contribution is -2.39. The molecule has 1 aromatic carbocycles.